The Morgan fingerprint density at radius 3 is 2.49 bits per heavy atom. The van der Waals surface area contributed by atoms with E-state index < -0.39 is 32.4 Å². The van der Waals surface area contributed by atoms with Crippen LogP contribution in [-0.4, -0.2) is 47.8 Å². The van der Waals surface area contributed by atoms with Gasteiger partial charge < -0.3 is 19.0 Å². The first-order chi connectivity index (χ1) is 18.2. The van der Waals surface area contributed by atoms with Crippen LogP contribution in [0.2, 0.25) is 23.2 Å². The monoisotopic (exact) mass is 584 g/mol. The van der Waals surface area contributed by atoms with E-state index in [4.69, 9.17) is 20.8 Å². The second-order valence-electron chi connectivity index (χ2n) is 10.2. The number of halogens is 4. The molecule has 0 aliphatic rings. The van der Waals surface area contributed by atoms with Gasteiger partial charge in [0.1, 0.15) is 5.82 Å². The molecule has 2 heterocycles. The molecular formula is C25H32ClF3N6O3Si. The van der Waals surface area contributed by atoms with Crippen LogP contribution in [0, 0.1) is 5.82 Å². The van der Waals surface area contributed by atoms with Gasteiger partial charge in [-0.1, -0.05) is 32.4 Å². The van der Waals surface area contributed by atoms with Crippen molar-refractivity contribution in [3.8, 4) is 5.88 Å². The predicted molar refractivity (Wildman–Crippen MR) is 146 cm³/mol. The van der Waals surface area contributed by atoms with Crippen molar-refractivity contribution in [3.05, 3.63) is 59.0 Å². The van der Waals surface area contributed by atoms with Crippen LogP contribution in [0.5, 0.6) is 5.88 Å². The predicted octanol–water partition coefficient (Wildman–Crippen LogP) is 6.67. The molecule has 0 fully saturated rings. The largest absolute Gasteiger partial charge is 0.481 e. The highest BCUT2D eigenvalue weighted by atomic mass is 35.5. The number of amides is 2. The number of rotatable bonds is 10. The Hall–Kier alpha value is -3.16. The summed E-state index contributed by atoms with van der Waals surface area (Å²) >= 11 is 5.85. The fourth-order valence-electron chi connectivity index (χ4n) is 3.32. The molecule has 0 saturated carbocycles. The number of carbonyl (C=O) groups is 1. The van der Waals surface area contributed by atoms with Crippen LogP contribution in [0.1, 0.15) is 38.8 Å². The Balaban J connectivity index is 1.92. The molecule has 2 aromatic heterocycles. The summed E-state index contributed by atoms with van der Waals surface area (Å²) < 4.78 is 53.8. The molecule has 0 unspecified atom stereocenters. The molecule has 0 atom stereocenters. The molecular weight excluding hydrogens is 553 g/mol. The van der Waals surface area contributed by atoms with Gasteiger partial charge in [-0.2, -0.15) is 0 Å². The number of nitrogens with zero attached hydrogens (tertiary/aromatic N) is 5. The molecule has 39 heavy (non-hydrogen) atoms. The van der Waals surface area contributed by atoms with E-state index in [1.165, 1.54) is 34.9 Å². The zero-order chi connectivity index (χ0) is 29.0. The molecule has 0 saturated heterocycles. The number of carbonyl (C=O) groups excluding carboxylic acids is 1. The maximum atomic E-state index is 13.8. The van der Waals surface area contributed by atoms with Crippen LogP contribution in [0.25, 0.3) is 0 Å². The minimum absolute atomic E-state index is 0.0614. The molecule has 0 spiro atoms. The van der Waals surface area contributed by atoms with Crippen molar-refractivity contribution in [2.45, 2.75) is 58.4 Å². The SMILES string of the molecule is COc1ccc(N(Cc2nnc(C(F)F)n2CCO[Si](C)(C)C(C)(C)C)C(=O)Nc2ccc(F)c(Cl)c2)cn1. The normalized spacial score (nSPS) is 12.1. The van der Waals surface area contributed by atoms with Crippen molar-refractivity contribution < 1.29 is 27.1 Å². The van der Waals surface area contributed by atoms with Gasteiger partial charge in [-0.15, -0.1) is 10.2 Å². The lowest BCUT2D eigenvalue weighted by Crippen LogP contribution is -2.41. The lowest BCUT2D eigenvalue weighted by atomic mass is 10.2. The highest BCUT2D eigenvalue weighted by molar-refractivity contribution is 6.74. The maximum absolute atomic E-state index is 13.8. The van der Waals surface area contributed by atoms with Crippen molar-refractivity contribution in [3.63, 3.8) is 0 Å². The number of aromatic nitrogens is 4. The first-order valence-electron chi connectivity index (χ1n) is 12.1. The van der Waals surface area contributed by atoms with E-state index in [-0.39, 0.29) is 41.3 Å². The number of hydrogen-bond acceptors (Lipinski definition) is 6. The summed E-state index contributed by atoms with van der Waals surface area (Å²) in [6.45, 7) is 10.4. The average Bonchev–Trinajstić information content (AvgIpc) is 3.26. The summed E-state index contributed by atoms with van der Waals surface area (Å²) in [6.07, 6.45) is -1.49. The number of urea groups is 1. The second kappa shape index (κ2) is 12.3. The summed E-state index contributed by atoms with van der Waals surface area (Å²) in [5.74, 6) is -0.733. The number of alkyl halides is 2. The first kappa shape index (κ1) is 30.4. The summed E-state index contributed by atoms with van der Waals surface area (Å²) in [5.41, 5.74) is 0.558. The van der Waals surface area contributed by atoms with E-state index in [1.807, 2.05) is 0 Å². The fraction of sp³-hybridized carbons (Fsp3) is 0.440. The smallest absolute Gasteiger partial charge is 0.326 e. The zero-order valence-corrected chi connectivity index (χ0v) is 24.4. The van der Waals surface area contributed by atoms with E-state index in [0.29, 0.717) is 11.6 Å². The van der Waals surface area contributed by atoms with Gasteiger partial charge in [0, 0.05) is 18.3 Å². The van der Waals surface area contributed by atoms with Gasteiger partial charge in [-0.3, -0.25) is 4.90 Å². The van der Waals surface area contributed by atoms with Crippen molar-refractivity contribution in [1.82, 2.24) is 19.7 Å². The third-order valence-corrected chi connectivity index (χ3v) is 11.4. The number of hydrogen-bond donors (Lipinski definition) is 1. The number of anilines is 2. The molecule has 0 radical (unpaired) electrons. The van der Waals surface area contributed by atoms with Crippen LogP contribution < -0.4 is 15.0 Å². The minimum Gasteiger partial charge on any atom is -0.481 e. The summed E-state index contributed by atoms with van der Waals surface area (Å²) in [7, 11) is -0.688. The fourth-order valence-corrected chi connectivity index (χ4v) is 4.53. The summed E-state index contributed by atoms with van der Waals surface area (Å²) in [6, 6.07) is 6.19. The third kappa shape index (κ3) is 7.49. The van der Waals surface area contributed by atoms with Crippen molar-refractivity contribution in [1.29, 1.82) is 0 Å². The topological polar surface area (TPSA) is 94.4 Å². The van der Waals surface area contributed by atoms with E-state index >= 15 is 0 Å². The third-order valence-electron chi connectivity index (χ3n) is 6.59. The average molecular weight is 585 g/mol. The molecule has 3 aromatic rings. The molecule has 3 rings (SSSR count). The lowest BCUT2D eigenvalue weighted by Gasteiger charge is -2.36. The van der Waals surface area contributed by atoms with E-state index in [0.717, 1.165) is 6.07 Å². The standard InChI is InChI=1S/C25H32ClF3N6O3Si/c1-25(2,3)39(5,6)38-12-11-34-20(32-33-23(34)22(28)29)15-35(17-8-10-21(37-4)30-14-17)24(36)31-16-7-9-19(27)18(26)13-16/h7-10,13-14,22H,11-12,15H2,1-6H3,(H,31,36). The maximum Gasteiger partial charge on any atom is 0.326 e. The van der Waals surface area contributed by atoms with E-state index in [2.05, 4.69) is 54.4 Å². The van der Waals surface area contributed by atoms with Gasteiger partial charge >= 0.3 is 6.03 Å². The van der Waals surface area contributed by atoms with Crippen LogP contribution in [0.3, 0.4) is 0 Å². The van der Waals surface area contributed by atoms with Crippen LogP contribution in [0.15, 0.2) is 36.5 Å². The van der Waals surface area contributed by atoms with Gasteiger partial charge in [0.2, 0.25) is 5.88 Å². The first-order valence-corrected chi connectivity index (χ1v) is 15.4. The van der Waals surface area contributed by atoms with Crippen molar-refractivity contribution in [2.75, 3.05) is 23.9 Å². The van der Waals surface area contributed by atoms with Gasteiger partial charge in [0.25, 0.3) is 6.43 Å². The highest BCUT2D eigenvalue weighted by Gasteiger charge is 2.37. The van der Waals surface area contributed by atoms with Crippen LogP contribution >= 0.6 is 11.6 Å². The van der Waals surface area contributed by atoms with Gasteiger partial charge in [0.05, 0.1) is 37.2 Å². The Morgan fingerprint density at radius 1 is 1.21 bits per heavy atom. The minimum atomic E-state index is -2.88. The van der Waals surface area contributed by atoms with E-state index in [1.54, 1.807) is 12.1 Å². The molecule has 1 aromatic carbocycles. The molecule has 1 N–H and O–H groups in total. The second-order valence-corrected chi connectivity index (χ2v) is 15.5. The molecule has 14 heteroatoms. The summed E-state index contributed by atoms with van der Waals surface area (Å²) in [5, 5.41) is 10.1. The quantitative estimate of drug-likeness (QED) is 0.267. The van der Waals surface area contributed by atoms with Crippen molar-refractivity contribution >= 4 is 37.3 Å². The van der Waals surface area contributed by atoms with Gasteiger partial charge in [0.15, 0.2) is 20.0 Å². The van der Waals surface area contributed by atoms with Crippen LogP contribution in [-0.2, 0) is 17.5 Å². The zero-order valence-electron chi connectivity index (χ0n) is 22.6. The molecule has 212 valence electrons. The number of ether oxygens (including phenoxy) is 1. The molecule has 0 aliphatic heterocycles. The van der Waals surface area contributed by atoms with Gasteiger partial charge in [-0.25, -0.2) is 22.9 Å². The summed E-state index contributed by atoms with van der Waals surface area (Å²) in [4.78, 5) is 18.8. The molecule has 0 bridgehead atoms. The Kier molecular flexibility index (Phi) is 9.62. The lowest BCUT2D eigenvalue weighted by molar-refractivity contribution is 0.132. The van der Waals surface area contributed by atoms with Crippen molar-refractivity contribution in [2.24, 2.45) is 0 Å². The Morgan fingerprint density at radius 2 is 1.92 bits per heavy atom. The number of nitrogens with one attached hydrogen (secondary N) is 1. The van der Waals surface area contributed by atoms with Gasteiger partial charge in [-0.05, 0) is 42.4 Å². The Labute approximate surface area is 231 Å². The van der Waals surface area contributed by atoms with E-state index in [9.17, 15) is 18.0 Å². The number of methoxy groups -OCH3 is 1. The van der Waals surface area contributed by atoms with Crippen LogP contribution in [0.4, 0.5) is 29.3 Å². The molecule has 2 amide bonds. The number of benzene rings is 1. The number of pyridine rings is 1. The molecule has 9 nitrogen and oxygen atoms in total. The molecule has 0 aliphatic carbocycles. The Bertz CT molecular complexity index is 1290. The highest BCUT2D eigenvalue weighted by Crippen LogP contribution is 2.36.